The highest BCUT2D eigenvalue weighted by Crippen LogP contribution is 2.15. The molecule has 0 aromatic carbocycles. The molecule has 0 bridgehead atoms. The Morgan fingerprint density at radius 1 is 1.42 bits per heavy atom. The number of pyridine rings is 1. The summed E-state index contributed by atoms with van der Waals surface area (Å²) in [4.78, 5) is 30.5. The Morgan fingerprint density at radius 3 is 2.63 bits per heavy atom. The summed E-state index contributed by atoms with van der Waals surface area (Å²) in [7, 11) is 3.27. The molecular weight excluding hydrogens is 242 g/mol. The van der Waals surface area contributed by atoms with Gasteiger partial charge in [-0.1, -0.05) is 12.6 Å². The van der Waals surface area contributed by atoms with Crippen LogP contribution in [0, 0.1) is 0 Å². The molecule has 0 aliphatic rings. The van der Waals surface area contributed by atoms with Crippen LogP contribution in [0.1, 0.15) is 18.7 Å². The highest BCUT2D eigenvalue weighted by Gasteiger charge is 2.20. The molecule has 0 saturated heterocycles. The molecule has 5 heteroatoms. The fourth-order valence-corrected chi connectivity index (χ4v) is 1.59. The maximum atomic E-state index is 12.1. The molecule has 1 aromatic rings. The Balaban J connectivity index is 2.67. The van der Waals surface area contributed by atoms with Crippen molar-refractivity contribution in [3.05, 3.63) is 42.7 Å². The van der Waals surface area contributed by atoms with Crippen molar-refractivity contribution in [2.75, 3.05) is 20.6 Å². The summed E-state index contributed by atoms with van der Waals surface area (Å²) in [6.45, 7) is 5.32. The van der Waals surface area contributed by atoms with E-state index in [0.717, 1.165) is 5.69 Å². The first-order valence-electron chi connectivity index (χ1n) is 6.01. The highest BCUT2D eigenvalue weighted by molar-refractivity contribution is 5.90. The lowest BCUT2D eigenvalue weighted by Gasteiger charge is -2.26. The standard InChI is InChI=1S/C14H19N3O2/c1-5-13(18)16(3)10-14(19)17(4)11(2)12-8-6-7-9-15-12/h5-9,11H,1,10H2,2-4H3. The molecular formula is C14H19N3O2. The van der Waals surface area contributed by atoms with Crippen molar-refractivity contribution in [2.45, 2.75) is 13.0 Å². The first-order chi connectivity index (χ1) is 8.97. The molecule has 5 nitrogen and oxygen atoms in total. The van der Waals surface area contributed by atoms with E-state index in [1.165, 1.54) is 11.0 Å². The summed E-state index contributed by atoms with van der Waals surface area (Å²) in [6, 6.07) is 5.44. The molecule has 0 aliphatic carbocycles. The fraction of sp³-hybridized carbons (Fsp3) is 0.357. The second-order valence-electron chi connectivity index (χ2n) is 4.33. The van der Waals surface area contributed by atoms with Crippen LogP contribution >= 0.6 is 0 Å². The molecule has 1 heterocycles. The molecule has 0 spiro atoms. The van der Waals surface area contributed by atoms with Crippen LogP contribution in [-0.4, -0.2) is 47.2 Å². The van der Waals surface area contributed by atoms with E-state index in [0.29, 0.717) is 0 Å². The van der Waals surface area contributed by atoms with Gasteiger partial charge in [0.15, 0.2) is 0 Å². The molecule has 1 unspecified atom stereocenters. The Kier molecular flexibility index (Phi) is 5.23. The largest absolute Gasteiger partial charge is 0.336 e. The Bertz CT molecular complexity index is 459. The van der Waals surface area contributed by atoms with Gasteiger partial charge in [0.1, 0.15) is 0 Å². The van der Waals surface area contributed by atoms with E-state index in [1.54, 1.807) is 25.2 Å². The van der Waals surface area contributed by atoms with Crippen molar-refractivity contribution >= 4 is 11.8 Å². The molecule has 0 N–H and O–H groups in total. The third-order valence-electron chi connectivity index (χ3n) is 3.01. The van der Waals surface area contributed by atoms with Crippen molar-refractivity contribution in [3.63, 3.8) is 0 Å². The molecule has 2 amide bonds. The zero-order valence-corrected chi connectivity index (χ0v) is 11.5. The first kappa shape index (κ1) is 14.9. The summed E-state index contributed by atoms with van der Waals surface area (Å²) < 4.78 is 0. The van der Waals surface area contributed by atoms with Crippen molar-refractivity contribution in [2.24, 2.45) is 0 Å². The van der Waals surface area contributed by atoms with Crippen LogP contribution in [0.3, 0.4) is 0 Å². The number of nitrogens with zero attached hydrogens (tertiary/aromatic N) is 3. The van der Waals surface area contributed by atoms with Gasteiger partial charge in [-0.3, -0.25) is 14.6 Å². The number of carbonyl (C=O) groups is 2. The number of hydrogen-bond acceptors (Lipinski definition) is 3. The number of amides is 2. The van der Waals surface area contributed by atoms with Crippen molar-refractivity contribution in [3.8, 4) is 0 Å². The van der Waals surface area contributed by atoms with Gasteiger partial charge in [0, 0.05) is 20.3 Å². The maximum Gasteiger partial charge on any atom is 0.246 e. The summed E-state index contributed by atoms with van der Waals surface area (Å²) in [6.07, 6.45) is 2.88. The van der Waals surface area contributed by atoms with Gasteiger partial charge in [0.25, 0.3) is 0 Å². The van der Waals surface area contributed by atoms with E-state index in [4.69, 9.17) is 0 Å². The molecule has 19 heavy (non-hydrogen) atoms. The maximum absolute atomic E-state index is 12.1. The van der Waals surface area contributed by atoms with Gasteiger partial charge in [0.05, 0.1) is 18.3 Å². The third kappa shape index (κ3) is 3.91. The number of rotatable bonds is 5. The minimum atomic E-state index is -0.271. The zero-order chi connectivity index (χ0) is 14.4. The second-order valence-corrected chi connectivity index (χ2v) is 4.33. The monoisotopic (exact) mass is 261 g/mol. The van der Waals surface area contributed by atoms with Gasteiger partial charge >= 0.3 is 0 Å². The predicted molar refractivity (Wildman–Crippen MR) is 73.3 cm³/mol. The predicted octanol–water partition coefficient (Wildman–Crippen LogP) is 1.25. The van der Waals surface area contributed by atoms with Gasteiger partial charge in [-0.15, -0.1) is 0 Å². The van der Waals surface area contributed by atoms with Gasteiger partial charge in [-0.2, -0.15) is 0 Å². The molecule has 1 aromatic heterocycles. The number of carbonyl (C=O) groups excluding carboxylic acids is 2. The van der Waals surface area contributed by atoms with Gasteiger partial charge in [-0.05, 0) is 25.1 Å². The fourth-order valence-electron chi connectivity index (χ4n) is 1.59. The highest BCUT2D eigenvalue weighted by atomic mass is 16.2. The molecule has 0 radical (unpaired) electrons. The van der Waals surface area contributed by atoms with E-state index >= 15 is 0 Å². The van der Waals surface area contributed by atoms with Crippen LogP contribution in [0.4, 0.5) is 0 Å². The van der Waals surface area contributed by atoms with Crippen LogP contribution in [-0.2, 0) is 9.59 Å². The lowest BCUT2D eigenvalue weighted by molar-refractivity contribution is -0.137. The average Bonchev–Trinajstić information content (AvgIpc) is 2.45. The van der Waals surface area contributed by atoms with Crippen LogP contribution in [0.25, 0.3) is 0 Å². The average molecular weight is 261 g/mol. The third-order valence-corrected chi connectivity index (χ3v) is 3.01. The summed E-state index contributed by atoms with van der Waals surface area (Å²) in [5.41, 5.74) is 0.816. The second kappa shape index (κ2) is 6.68. The van der Waals surface area contributed by atoms with Crippen molar-refractivity contribution < 1.29 is 9.59 Å². The minimum Gasteiger partial charge on any atom is -0.336 e. The van der Waals surface area contributed by atoms with Crippen LogP contribution in [0.5, 0.6) is 0 Å². The smallest absolute Gasteiger partial charge is 0.246 e. The molecule has 1 atom stereocenters. The van der Waals surface area contributed by atoms with Crippen LogP contribution in [0.15, 0.2) is 37.1 Å². The molecule has 0 aliphatic heterocycles. The number of likely N-dealkylation sites (N-methyl/N-ethyl adjacent to an activating group) is 2. The Hall–Kier alpha value is -2.17. The molecule has 0 saturated carbocycles. The Labute approximate surface area is 113 Å². The van der Waals surface area contributed by atoms with Crippen molar-refractivity contribution in [1.29, 1.82) is 0 Å². The molecule has 1 rings (SSSR count). The van der Waals surface area contributed by atoms with Gasteiger partial charge < -0.3 is 9.80 Å². The van der Waals surface area contributed by atoms with Crippen molar-refractivity contribution in [1.82, 2.24) is 14.8 Å². The van der Waals surface area contributed by atoms with E-state index in [9.17, 15) is 9.59 Å². The normalized spacial score (nSPS) is 11.5. The summed E-state index contributed by atoms with van der Waals surface area (Å²) in [5, 5.41) is 0. The SMILES string of the molecule is C=CC(=O)N(C)CC(=O)N(C)C(C)c1ccccn1. The zero-order valence-electron chi connectivity index (χ0n) is 11.5. The topological polar surface area (TPSA) is 53.5 Å². The lowest BCUT2D eigenvalue weighted by Crippen LogP contribution is -2.40. The van der Waals surface area contributed by atoms with E-state index in [-0.39, 0.29) is 24.4 Å². The first-order valence-corrected chi connectivity index (χ1v) is 6.01. The van der Waals surface area contributed by atoms with E-state index in [2.05, 4.69) is 11.6 Å². The van der Waals surface area contributed by atoms with Crippen LogP contribution in [0.2, 0.25) is 0 Å². The summed E-state index contributed by atoms with van der Waals surface area (Å²) >= 11 is 0. The molecule has 102 valence electrons. The minimum absolute atomic E-state index is 0.0263. The molecule has 0 fully saturated rings. The quantitative estimate of drug-likeness (QED) is 0.749. The van der Waals surface area contributed by atoms with Crippen LogP contribution < -0.4 is 0 Å². The number of hydrogen-bond donors (Lipinski definition) is 0. The lowest BCUT2D eigenvalue weighted by atomic mass is 10.2. The number of aromatic nitrogens is 1. The van der Waals surface area contributed by atoms with E-state index < -0.39 is 0 Å². The summed E-state index contributed by atoms with van der Waals surface area (Å²) in [5.74, 6) is -0.414. The van der Waals surface area contributed by atoms with Gasteiger partial charge in [-0.25, -0.2) is 0 Å². The van der Waals surface area contributed by atoms with Gasteiger partial charge in [0.2, 0.25) is 11.8 Å². The van der Waals surface area contributed by atoms with E-state index in [1.807, 2.05) is 25.1 Å². The Morgan fingerprint density at radius 2 is 2.11 bits per heavy atom.